The number of unbranched alkanes of at least 4 members (excludes halogenated alkanes) is 1. The van der Waals surface area contributed by atoms with Gasteiger partial charge in [-0.3, -0.25) is 9.47 Å². The highest BCUT2D eigenvalue weighted by atomic mass is 19.1. The normalized spacial score (nSPS) is 22.3. The Morgan fingerprint density at radius 2 is 1.97 bits per heavy atom. The fourth-order valence-corrected chi connectivity index (χ4v) is 4.77. The highest BCUT2D eigenvalue weighted by Gasteiger charge is 2.45. The van der Waals surface area contributed by atoms with Crippen molar-refractivity contribution in [3.8, 4) is 0 Å². The van der Waals surface area contributed by atoms with E-state index in [0.29, 0.717) is 36.5 Å². The minimum atomic E-state index is -1.18. The number of aromatic amines is 1. The molecule has 5 rings (SSSR count). The number of anilines is 1. The summed E-state index contributed by atoms with van der Waals surface area (Å²) in [5.41, 5.74) is 7.16. The van der Waals surface area contributed by atoms with Gasteiger partial charge in [0.1, 0.15) is 47.3 Å². The van der Waals surface area contributed by atoms with E-state index in [1.165, 1.54) is 18.7 Å². The van der Waals surface area contributed by atoms with Crippen molar-refractivity contribution in [1.82, 2.24) is 34.4 Å². The maximum absolute atomic E-state index is 13.9. The number of imidazole rings is 2. The number of aliphatic hydroxyl groups excluding tert-OH is 2. The van der Waals surface area contributed by atoms with Crippen LogP contribution in [-0.4, -0.2) is 82.0 Å². The van der Waals surface area contributed by atoms with Gasteiger partial charge in [0.05, 0.1) is 11.8 Å². The Hall–Kier alpha value is -3.26. The first-order valence-electron chi connectivity index (χ1n) is 12.2. The second-order valence-corrected chi connectivity index (χ2v) is 9.64. The van der Waals surface area contributed by atoms with Crippen LogP contribution < -0.4 is 5.73 Å². The Labute approximate surface area is 211 Å². The first-order valence-corrected chi connectivity index (χ1v) is 12.2. The lowest BCUT2D eigenvalue weighted by atomic mass is 10.1. The van der Waals surface area contributed by atoms with Crippen molar-refractivity contribution in [3.05, 3.63) is 42.2 Å². The molecule has 0 unspecified atom stereocenters. The number of nitrogens with two attached hydrogens (primary N) is 1. The zero-order chi connectivity index (χ0) is 26.3. The summed E-state index contributed by atoms with van der Waals surface area (Å²) in [4.78, 5) is 21.7. The van der Waals surface area contributed by atoms with Gasteiger partial charge in [-0.2, -0.15) is 0 Å². The van der Waals surface area contributed by atoms with E-state index in [4.69, 9.17) is 10.5 Å². The fourth-order valence-electron chi connectivity index (χ4n) is 4.77. The standard InChI is InChI=1S/C24H30F2N8O3/c1-12(2)33(6-4-3-5-17-31-15-8-13(25)7-14(26)18(15)32-17)9-16-20(35)21(36)24(37-16)34-11-30-19-22(27)28-10-29-23(19)34/h7-8,10-12,16,20-21,24,35-36H,3-6,9H2,1-2H3,(H,31,32)(H2,27,28,29)/t16-,20-,21-,24-/m1/s1. The molecule has 37 heavy (non-hydrogen) atoms. The van der Waals surface area contributed by atoms with Crippen LogP contribution >= 0.6 is 0 Å². The van der Waals surface area contributed by atoms with Gasteiger partial charge < -0.3 is 25.7 Å². The fraction of sp³-hybridized carbons (Fsp3) is 0.500. The number of hydrogen-bond acceptors (Lipinski definition) is 9. The van der Waals surface area contributed by atoms with Crippen LogP contribution in [0.5, 0.6) is 0 Å². The highest BCUT2D eigenvalue weighted by Crippen LogP contribution is 2.32. The molecule has 4 aromatic rings. The number of aryl methyl sites for hydroxylation is 1. The van der Waals surface area contributed by atoms with E-state index >= 15 is 0 Å². The van der Waals surface area contributed by atoms with E-state index in [0.717, 1.165) is 18.9 Å². The predicted molar refractivity (Wildman–Crippen MR) is 131 cm³/mol. The second-order valence-electron chi connectivity index (χ2n) is 9.64. The maximum Gasteiger partial charge on any atom is 0.167 e. The molecule has 11 nitrogen and oxygen atoms in total. The first kappa shape index (κ1) is 25.4. The number of benzene rings is 1. The number of nitrogen functional groups attached to an aromatic ring is 1. The van der Waals surface area contributed by atoms with Gasteiger partial charge in [0.2, 0.25) is 0 Å². The Bertz CT molecular complexity index is 1390. The van der Waals surface area contributed by atoms with E-state index in [2.05, 4.69) is 43.7 Å². The van der Waals surface area contributed by atoms with E-state index < -0.39 is 36.2 Å². The summed E-state index contributed by atoms with van der Waals surface area (Å²) in [5, 5.41) is 21.5. The number of fused-ring (bicyclic) bond motifs is 2. The van der Waals surface area contributed by atoms with E-state index in [9.17, 15) is 19.0 Å². The molecule has 0 radical (unpaired) electrons. The van der Waals surface area contributed by atoms with Crippen molar-refractivity contribution >= 4 is 28.0 Å². The smallest absolute Gasteiger partial charge is 0.167 e. The van der Waals surface area contributed by atoms with Gasteiger partial charge in [-0.05, 0) is 33.2 Å². The van der Waals surface area contributed by atoms with Crippen LogP contribution in [0.4, 0.5) is 14.6 Å². The van der Waals surface area contributed by atoms with Crippen LogP contribution in [0.3, 0.4) is 0 Å². The zero-order valence-electron chi connectivity index (χ0n) is 20.6. The third-order valence-corrected chi connectivity index (χ3v) is 6.81. The van der Waals surface area contributed by atoms with E-state index in [1.54, 1.807) is 4.57 Å². The summed E-state index contributed by atoms with van der Waals surface area (Å²) in [7, 11) is 0. The van der Waals surface area contributed by atoms with Crippen molar-refractivity contribution in [2.75, 3.05) is 18.8 Å². The lowest BCUT2D eigenvalue weighted by Crippen LogP contribution is -2.43. The summed E-state index contributed by atoms with van der Waals surface area (Å²) < 4.78 is 35.0. The van der Waals surface area contributed by atoms with Gasteiger partial charge in [-0.15, -0.1) is 0 Å². The molecule has 5 N–H and O–H groups in total. The number of nitrogens with one attached hydrogen (secondary N) is 1. The van der Waals surface area contributed by atoms with Crippen molar-refractivity contribution in [1.29, 1.82) is 0 Å². The average molecular weight is 517 g/mol. The number of ether oxygens (including phenoxy) is 1. The average Bonchev–Trinajstić information content (AvgIpc) is 3.53. The van der Waals surface area contributed by atoms with Crippen LogP contribution in [0, 0.1) is 11.6 Å². The van der Waals surface area contributed by atoms with Gasteiger partial charge in [-0.1, -0.05) is 0 Å². The molecular weight excluding hydrogens is 486 g/mol. The molecule has 1 fully saturated rings. The number of aromatic nitrogens is 6. The topological polar surface area (TPSA) is 151 Å². The summed E-state index contributed by atoms with van der Waals surface area (Å²) in [6.45, 7) is 5.22. The second kappa shape index (κ2) is 10.2. The number of hydrogen-bond donors (Lipinski definition) is 4. The molecule has 1 aliphatic heterocycles. The van der Waals surface area contributed by atoms with Crippen molar-refractivity contribution in [2.24, 2.45) is 0 Å². The monoisotopic (exact) mass is 516 g/mol. The third-order valence-electron chi connectivity index (χ3n) is 6.81. The predicted octanol–water partition coefficient (Wildman–Crippen LogP) is 1.92. The molecule has 1 aliphatic rings. The molecule has 0 saturated carbocycles. The third kappa shape index (κ3) is 4.99. The van der Waals surface area contributed by atoms with Crippen molar-refractivity contribution in [3.63, 3.8) is 0 Å². The molecule has 13 heteroatoms. The van der Waals surface area contributed by atoms with Crippen LogP contribution in [0.25, 0.3) is 22.2 Å². The minimum absolute atomic E-state index is 0.164. The van der Waals surface area contributed by atoms with Gasteiger partial charge in [0.15, 0.2) is 23.5 Å². The molecule has 0 aliphatic carbocycles. The summed E-state index contributed by atoms with van der Waals surface area (Å²) in [6, 6.07) is 2.21. The number of rotatable bonds is 9. The summed E-state index contributed by atoms with van der Waals surface area (Å²) in [6.07, 6.45) is 1.17. The van der Waals surface area contributed by atoms with Crippen molar-refractivity contribution < 1.29 is 23.7 Å². The van der Waals surface area contributed by atoms with Gasteiger partial charge >= 0.3 is 0 Å². The lowest BCUT2D eigenvalue weighted by Gasteiger charge is -2.30. The molecule has 4 heterocycles. The summed E-state index contributed by atoms with van der Waals surface area (Å²) >= 11 is 0. The molecule has 3 aromatic heterocycles. The number of H-pyrrole nitrogens is 1. The van der Waals surface area contributed by atoms with Crippen LogP contribution in [0.2, 0.25) is 0 Å². The Kier molecular flexibility index (Phi) is 7.03. The number of aliphatic hydroxyl groups is 2. The summed E-state index contributed by atoms with van der Waals surface area (Å²) in [5.74, 6) is -0.486. The van der Waals surface area contributed by atoms with Gasteiger partial charge in [-0.25, -0.2) is 28.7 Å². The molecule has 0 spiro atoms. The number of nitrogens with zero attached hydrogens (tertiary/aromatic N) is 6. The Balaban J connectivity index is 1.19. The molecule has 1 saturated heterocycles. The van der Waals surface area contributed by atoms with E-state index in [1.807, 2.05) is 0 Å². The molecule has 0 bridgehead atoms. The van der Waals surface area contributed by atoms with E-state index in [-0.39, 0.29) is 22.9 Å². The first-order chi connectivity index (χ1) is 17.7. The number of halogens is 2. The van der Waals surface area contributed by atoms with Gasteiger partial charge in [0, 0.05) is 31.1 Å². The quantitative estimate of drug-likeness (QED) is 0.245. The van der Waals surface area contributed by atoms with Crippen molar-refractivity contribution in [2.45, 2.75) is 63.7 Å². The van der Waals surface area contributed by atoms with Crippen LogP contribution in [-0.2, 0) is 11.2 Å². The van der Waals surface area contributed by atoms with Crippen LogP contribution in [0.15, 0.2) is 24.8 Å². The Morgan fingerprint density at radius 3 is 2.76 bits per heavy atom. The lowest BCUT2D eigenvalue weighted by molar-refractivity contribution is -0.0469. The zero-order valence-corrected chi connectivity index (χ0v) is 20.6. The van der Waals surface area contributed by atoms with Crippen LogP contribution in [0.1, 0.15) is 38.7 Å². The highest BCUT2D eigenvalue weighted by molar-refractivity contribution is 5.81. The Morgan fingerprint density at radius 1 is 1.16 bits per heavy atom. The molecular formula is C24H30F2N8O3. The van der Waals surface area contributed by atoms with Gasteiger partial charge in [0.25, 0.3) is 0 Å². The molecule has 0 amide bonds. The molecule has 1 aromatic carbocycles. The minimum Gasteiger partial charge on any atom is -0.387 e. The maximum atomic E-state index is 13.9. The SMILES string of the molecule is CC(C)N(CCCCc1nc2cc(F)cc(F)c2[nH]1)C[C@H]1O[C@@H](n2cnc3c(N)ncnc32)[C@H](O)[C@@H]1O. The molecule has 4 atom stereocenters. The largest absolute Gasteiger partial charge is 0.387 e. The molecule has 198 valence electrons.